The summed E-state index contributed by atoms with van der Waals surface area (Å²) < 4.78 is 16.1. The minimum absolute atomic E-state index is 0.244. The third kappa shape index (κ3) is 3.85. The molecule has 0 aliphatic carbocycles. The van der Waals surface area contributed by atoms with Crippen LogP contribution in [0.5, 0.6) is 17.2 Å². The first-order valence-electron chi connectivity index (χ1n) is 10.0. The highest BCUT2D eigenvalue weighted by molar-refractivity contribution is 6.11. The van der Waals surface area contributed by atoms with Crippen LogP contribution in [0.1, 0.15) is 34.8 Å². The quantitative estimate of drug-likeness (QED) is 0.766. The summed E-state index contributed by atoms with van der Waals surface area (Å²) in [5.74, 6) is 0.881. The fourth-order valence-corrected chi connectivity index (χ4v) is 3.91. The van der Waals surface area contributed by atoms with E-state index in [1.165, 1.54) is 26.2 Å². The van der Waals surface area contributed by atoms with Crippen molar-refractivity contribution in [3.63, 3.8) is 0 Å². The van der Waals surface area contributed by atoms with Crippen molar-refractivity contribution in [1.29, 1.82) is 0 Å². The smallest absolute Gasteiger partial charge is 0.412 e. The van der Waals surface area contributed by atoms with Crippen molar-refractivity contribution in [2.75, 3.05) is 37.7 Å². The summed E-state index contributed by atoms with van der Waals surface area (Å²) in [6.45, 7) is 6.02. The van der Waals surface area contributed by atoms with Gasteiger partial charge < -0.3 is 24.2 Å². The molecule has 0 spiro atoms. The normalized spacial score (nSPS) is 15.4. The molecule has 1 atom stereocenters. The lowest BCUT2D eigenvalue weighted by Crippen LogP contribution is -2.52. The van der Waals surface area contributed by atoms with Crippen molar-refractivity contribution in [2.24, 2.45) is 0 Å². The number of carboxylic acid groups (broad SMARTS) is 1. The molecule has 0 radical (unpaired) electrons. The maximum atomic E-state index is 13.6. The number of carbonyl (C=O) groups excluding carboxylic acids is 1. The molecule has 0 saturated heterocycles. The zero-order chi connectivity index (χ0) is 22.9. The molecule has 0 saturated carbocycles. The molecule has 166 valence electrons. The zero-order valence-electron chi connectivity index (χ0n) is 18.7. The van der Waals surface area contributed by atoms with E-state index in [1.807, 2.05) is 32.9 Å². The second-order valence-electron chi connectivity index (χ2n) is 7.47. The first-order chi connectivity index (χ1) is 14.8. The van der Waals surface area contributed by atoms with E-state index in [1.54, 1.807) is 17.0 Å². The Labute approximate surface area is 181 Å². The Kier molecular flexibility index (Phi) is 6.29. The second-order valence-corrected chi connectivity index (χ2v) is 7.47. The Hall–Kier alpha value is -3.42. The van der Waals surface area contributed by atoms with Crippen molar-refractivity contribution in [2.45, 2.75) is 33.2 Å². The monoisotopic (exact) mass is 428 g/mol. The number of ether oxygens (including phenoxy) is 3. The van der Waals surface area contributed by atoms with E-state index in [4.69, 9.17) is 14.2 Å². The Morgan fingerprint density at radius 3 is 1.97 bits per heavy atom. The predicted octanol–water partition coefficient (Wildman–Crippen LogP) is 4.25. The van der Waals surface area contributed by atoms with E-state index >= 15 is 0 Å². The highest BCUT2D eigenvalue weighted by atomic mass is 16.5. The highest BCUT2D eigenvalue weighted by Gasteiger charge is 2.37. The molecular formula is C23H28N2O6. The summed E-state index contributed by atoms with van der Waals surface area (Å²) in [5.41, 5.74) is 3.37. The first kappa shape index (κ1) is 22.3. The minimum atomic E-state index is -1.03. The van der Waals surface area contributed by atoms with Gasteiger partial charge in [-0.25, -0.2) is 4.79 Å². The number of nitrogens with zero attached hydrogens (tertiary/aromatic N) is 2. The van der Waals surface area contributed by atoms with Gasteiger partial charge in [0.2, 0.25) is 5.75 Å². The van der Waals surface area contributed by atoms with Crippen molar-refractivity contribution in [3.8, 4) is 17.2 Å². The van der Waals surface area contributed by atoms with Gasteiger partial charge in [-0.2, -0.15) is 0 Å². The summed E-state index contributed by atoms with van der Waals surface area (Å²) in [5, 5.41) is 9.86. The number of hydrogen-bond donors (Lipinski definition) is 1. The summed E-state index contributed by atoms with van der Waals surface area (Å²) in [6.07, 6.45) is -0.464. The molecule has 1 aliphatic rings. The van der Waals surface area contributed by atoms with Gasteiger partial charge >= 0.3 is 6.09 Å². The van der Waals surface area contributed by atoms with Crippen LogP contribution in [0.15, 0.2) is 24.3 Å². The van der Waals surface area contributed by atoms with E-state index < -0.39 is 6.09 Å². The molecular weight excluding hydrogens is 400 g/mol. The third-order valence-electron chi connectivity index (χ3n) is 5.73. The lowest BCUT2D eigenvalue weighted by molar-refractivity contribution is 0.0981. The van der Waals surface area contributed by atoms with Crippen molar-refractivity contribution in [3.05, 3.63) is 41.0 Å². The van der Waals surface area contributed by atoms with Gasteiger partial charge in [-0.3, -0.25) is 9.69 Å². The van der Waals surface area contributed by atoms with Crippen LogP contribution in [0.4, 0.5) is 16.2 Å². The molecule has 2 aromatic carbocycles. The minimum Gasteiger partial charge on any atom is -0.493 e. The molecule has 8 nitrogen and oxygen atoms in total. The van der Waals surface area contributed by atoms with Gasteiger partial charge in [0.05, 0.1) is 38.7 Å². The number of carbonyl (C=O) groups is 2. The largest absolute Gasteiger partial charge is 0.493 e. The molecule has 3 rings (SSSR count). The van der Waals surface area contributed by atoms with Gasteiger partial charge in [-0.05, 0) is 55.7 Å². The number of anilines is 2. The summed E-state index contributed by atoms with van der Waals surface area (Å²) in [6, 6.07) is 6.54. The predicted molar refractivity (Wildman–Crippen MR) is 118 cm³/mol. The standard InChI is InChI=1S/C23H28N2O6/c1-7-16-12-24(17-8-13(2)14(3)9-18(17)25(16)23(27)28)22(26)15-10-19(29-4)21(31-6)20(11-15)30-5/h8-11,16H,7,12H2,1-6H3,(H,27,28). The molecule has 1 aliphatic heterocycles. The fraction of sp³-hybridized carbons (Fsp3) is 0.391. The van der Waals surface area contributed by atoms with Crippen LogP contribution < -0.4 is 24.0 Å². The Balaban J connectivity index is 2.16. The second kappa shape index (κ2) is 8.75. The molecule has 8 heteroatoms. The number of rotatable bonds is 5. The lowest BCUT2D eigenvalue weighted by atomic mass is 9.99. The summed E-state index contributed by atoms with van der Waals surface area (Å²) >= 11 is 0. The molecule has 1 heterocycles. The van der Waals surface area contributed by atoms with Gasteiger partial charge in [-0.1, -0.05) is 6.92 Å². The summed E-state index contributed by atoms with van der Waals surface area (Å²) in [7, 11) is 4.48. The van der Waals surface area contributed by atoms with Gasteiger partial charge in [0.1, 0.15) is 0 Å². The molecule has 0 bridgehead atoms. The number of amides is 2. The fourth-order valence-electron chi connectivity index (χ4n) is 3.91. The van der Waals surface area contributed by atoms with Crippen LogP contribution in [0.25, 0.3) is 0 Å². The van der Waals surface area contributed by atoms with Crippen LogP contribution in [0.2, 0.25) is 0 Å². The number of benzene rings is 2. The molecule has 2 aromatic rings. The number of hydrogen-bond acceptors (Lipinski definition) is 5. The third-order valence-corrected chi connectivity index (χ3v) is 5.73. The average Bonchev–Trinajstić information content (AvgIpc) is 2.76. The molecule has 0 aromatic heterocycles. The zero-order valence-corrected chi connectivity index (χ0v) is 18.7. The van der Waals surface area contributed by atoms with E-state index in [0.717, 1.165) is 11.1 Å². The molecule has 1 N–H and O–H groups in total. The van der Waals surface area contributed by atoms with E-state index in [9.17, 15) is 14.7 Å². The van der Waals surface area contributed by atoms with Gasteiger partial charge in [-0.15, -0.1) is 0 Å². The van der Waals surface area contributed by atoms with Crippen molar-refractivity contribution >= 4 is 23.4 Å². The van der Waals surface area contributed by atoms with E-state index in [-0.39, 0.29) is 18.5 Å². The van der Waals surface area contributed by atoms with Crippen LogP contribution >= 0.6 is 0 Å². The van der Waals surface area contributed by atoms with Crippen molar-refractivity contribution < 1.29 is 28.9 Å². The van der Waals surface area contributed by atoms with Crippen LogP contribution in [-0.2, 0) is 0 Å². The maximum Gasteiger partial charge on any atom is 0.412 e. The first-order valence-corrected chi connectivity index (χ1v) is 10.0. The highest BCUT2D eigenvalue weighted by Crippen LogP contribution is 2.42. The summed E-state index contributed by atoms with van der Waals surface area (Å²) in [4.78, 5) is 28.7. The number of aryl methyl sites for hydroxylation is 2. The van der Waals surface area contributed by atoms with Crippen LogP contribution in [0.3, 0.4) is 0 Å². The van der Waals surface area contributed by atoms with Crippen LogP contribution in [0, 0.1) is 13.8 Å². The van der Waals surface area contributed by atoms with Crippen molar-refractivity contribution in [1.82, 2.24) is 0 Å². The Morgan fingerprint density at radius 2 is 1.52 bits per heavy atom. The molecule has 31 heavy (non-hydrogen) atoms. The Morgan fingerprint density at radius 1 is 0.968 bits per heavy atom. The van der Waals surface area contributed by atoms with Crippen LogP contribution in [-0.4, -0.2) is 51.0 Å². The lowest BCUT2D eigenvalue weighted by Gasteiger charge is -2.41. The molecule has 2 amide bonds. The Bertz CT molecular complexity index is 994. The average molecular weight is 428 g/mol. The van der Waals surface area contributed by atoms with Gasteiger partial charge in [0.15, 0.2) is 11.5 Å². The van der Waals surface area contributed by atoms with Gasteiger partial charge in [0.25, 0.3) is 5.91 Å². The topological polar surface area (TPSA) is 88.5 Å². The van der Waals surface area contributed by atoms with E-state index in [2.05, 4.69) is 0 Å². The van der Waals surface area contributed by atoms with Gasteiger partial charge in [0, 0.05) is 12.1 Å². The number of fused-ring (bicyclic) bond motifs is 1. The number of methoxy groups -OCH3 is 3. The molecule has 0 fully saturated rings. The SMILES string of the molecule is CCC1CN(C(=O)c2cc(OC)c(OC)c(OC)c2)c2cc(C)c(C)cc2N1C(=O)O. The maximum absolute atomic E-state index is 13.6. The molecule has 1 unspecified atom stereocenters. The van der Waals surface area contributed by atoms with E-state index in [0.29, 0.717) is 40.6 Å².